The minimum atomic E-state index is -4.48. The van der Waals surface area contributed by atoms with Crippen molar-refractivity contribution in [3.05, 3.63) is 101 Å². The van der Waals surface area contributed by atoms with E-state index in [1.54, 1.807) is 42.5 Å². The summed E-state index contributed by atoms with van der Waals surface area (Å²) in [5, 5.41) is 6.20. The van der Waals surface area contributed by atoms with Crippen LogP contribution in [-0.2, 0) is 23.7 Å². The number of rotatable bonds is 16. The number of alkyl halides is 2. The minimum Gasteiger partial charge on any atom is -0.465 e. The molecule has 3 saturated heterocycles. The average Bonchev–Trinajstić information content (AvgIpc) is 3.59. The highest BCUT2D eigenvalue weighted by Gasteiger charge is 2.59. The lowest BCUT2D eigenvalue weighted by Gasteiger charge is -2.47. The maximum absolute atomic E-state index is 16.7. The average molecular weight is 958 g/mol. The van der Waals surface area contributed by atoms with Crippen LogP contribution >= 0.6 is 18.9 Å². The molecule has 2 aliphatic carbocycles. The van der Waals surface area contributed by atoms with E-state index in [0.29, 0.717) is 72.9 Å². The third-order valence-electron chi connectivity index (χ3n) is 14.8. The molecule has 5 fully saturated rings. The first-order valence-electron chi connectivity index (χ1n) is 24.1. The largest absolute Gasteiger partial charge is 0.465 e. The monoisotopic (exact) mass is 957 g/mol. The molecule has 12 nitrogen and oxygen atoms in total. The Labute approximate surface area is 395 Å². The number of amides is 3. The van der Waals surface area contributed by atoms with E-state index >= 15 is 4.39 Å². The van der Waals surface area contributed by atoms with Gasteiger partial charge in [0.1, 0.15) is 30.0 Å². The molecule has 5 aliphatic rings. The molecular weight excluding hydrogens is 896 g/mol. The molecule has 358 valence electrons. The number of fused-ring (bicyclic) bond motifs is 2. The number of nitrogens with one attached hydrogen (secondary N) is 2. The Hall–Kier alpha value is -4.69. The van der Waals surface area contributed by atoms with Crippen LogP contribution in [0.1, 0.15) is 124 Å². The normalized spacial score (nSPS) is 27.4. The third-order valence-corrected chi connectivity index (χ3v) is 18.0. The first-order valence-corrected chi connectivity index (χ1v) is 26.7. The number of nitrogens with zero attached hydrogens (tertiary/aromatic N) is 3. The number of carbonyl (C=O) groups excluding carboxylic acids is 4. The Balaban J connectivity index is 0.960. The van der Waals surface area contributed by atoms with Crippen LogP contribution in [0.4, 0.5) is 8.78 Å². The van der Waals surface area contributed by atoms with Gasteiger partial charge in [0.15, 0.2) is 0 Å². The second-order valence-electron chi connectivity index (χ2n) is 19.3. The van der Waals surface area contributed by atoms with E-state index in [1.807, 2.05) is 30.0 Å². The molecule has 16 heteroatoms. The second-order valence-corrected chi connectivity index (χ2v) is 22.5. The summed E-state index contributed by atoms with van der Waals surface area (Å²) < 4.78 is 57.1. The van der Waals surface area contributed by atoms with Crippen molar-refractivity contribution in [3.63, 3.8) is 0 Å². The van der Waals surface area contributed by atoms with Crippen molar-refractivity contribution in [3.8, 4) is 5.75 Å². The topological polar surface area (TPSA) is 138 Å². The van der Waals surface area contributed by atoms with E-state index in [0.717, 1.165) is 25.8 Å². The number of hydrogen-bond acceptors (Lipinski definition) is 9. The number of ether oxygens (including phenoxy) is 1. The molecule has 67 heavy (non-hydrogen) atoms. The predicted octanol–water partition coefficient (Wildman–Crippen LogP) is 9.45. The van der Waals surface area contributed by atoms with Crippen LogP contribution in [0.15, 0.2) is 84.9 Å². The molecule has 1 spiro atoms. The van der Waals surface area contributed by atoms with E-state index in [-0.39, 0.29) is 59.3 Å². The van der Waals surface area contributed by atoms with Gasteiger partial charge in [-0.1, -0.05) is 68.4 Å². The Morgan fingerprint density at radius 1 is 0.940 bits per heavy atom. The Bertz CT molecular complexity index is 2490. The van der Waals surface area contributed by atoms with Crippen molar-refractivity contribution in [2.45, 2.75) is 151 Å². The van der Waals surface area contributed by atoms with Gasteiger partial charge >= 0.3 is 13.5 Å². The van der Waals surface area contributed by atoms with Crippen molar-refractivity contribution >= 4 is 52.6 Å². The highest BCUT2D eigenvalue weighted by molar-refractivity contribution is 7.57. The van der Waals surface area contributed by atoms with E-state index in [2.05, 4.69) is 39.3 Å². The highest BCUT2D eigenvalue weighted by atomic mass is 32.1. The van der Waals surface area contributed by atoms with Crippen LogP contribution in [0.3, 0.4) is 0 Å². The number of carbonyl (C=O) groups is 4. The van der Waals surface area contributed by atoms with Gasteiger partial charge in [0.05, 0.1) is 11.5 Å². The lowest BCUT2D eigenvalue weighted by Crippen LogP contribution is -2.60. The molecule has 8 atom stereocenters. The first-order chi connectivity index (χ1) is 32.3. The first kappa shape index (κ1) is 47.4. The zero-order valence-corrected chi connectivity index (χ0v) is 40.2. The van der Waals surface area contributed by atoms with E-state index in [1.165, 1.54) is 36.0 Å². The molecular formula is C51H62F2N5O7PS. The van der Waals surface area contributed by atoms with Crippen LogP contribution in [0.2, 0.25) is 0 Å². The summed E-state index contributed by atoms with van der Waals surface area (Å²) in [7, 11) is -4.48. The molecule has 1 unspecified atom stereocenters. The summed E-state index contributed by atoms with van der Waals surface area (Å²) in [6, 6.07) is 22.0. The number of hydrogen-bond donors (Lipinski definition) is 2. The molecule has 2 N–H and O–H groups in total. The summed E-state index contributed by atoms with van der Waals surface area (Å²) in [4.78, 5) is 63.4. The Morgan fingerprint density at radius 3 is 2.36 bits per heavy atom. The van der Waals surface area contributed by atoms with Gasteiger partial charge in [-0.05, 0) is 131 Å². The summed E-state index contributed by atoms with van der Waals surface area (Å²) in [6.07, 6.45) is 6.40. The third kappa shape index (κ3) is 9.80. The smallest absolute Gasteiger partial charge is 0.355 e. The number of para-hydroxylation sites is 1. The quantitative estimate of drug-likeness (QED) is 0.0832. The SMILES string of the molecule is CCCOC(=O)[C@H](C)NP(=O)(Oc1ccccc1)[C@H](F)c1ccc2sc(C(=O)N[C@H]3CC[C@H](N(CC)C4CC(F)C4)C[C@H]4CC[C@@H](C(=O)N5C[C@H](c6ccccc6)CC56CC6)N4C3=O)cc2c1. The fourth-order valence-electron chi connectivity index (χ4n) is 11.1. The van der Waals surface area contributed by atoms with Gasteiger partial charge < -0.3 is 24.4 Å². The number of likely N-dealkylation sites (tertiary alicyclic amines) is 1. The van der Waals surface area contributed by atoms with Crippen LogP contribution < -0.4 is 14.9 Å². The lowest BCUT2D eigenvalue weighted by molar-refractivity contribution is -0.148. The van der Waals surface area contributed by atoms with Gasteiger partial charge in [0.25, 0.3) is 5.91 Å². The van der Waals surface area contributed by atoms with Gasteiger partial charge in [-0.2, -0.15) is 0 Å². The van der Waals surface area contributed by atoms with Crippen molar-refractivity contribution in [2.75, 3.05) is 19.7 Å². The lowest BCUT2D eigenvalue weighted by atomic mass is 9.85. The Morgan fingerprint density at radius 2 is 1.67 bits per heavy atom. The number of thiophene rings is 1. The van der Waals surface area contributed by atoms with Crippen molar-refractivity contribution < 1.29 is 41.8 Å². The summed E-state index contributed by atoms with van der Waals surface area (Å²) >= 11 is 1.19. The standard InChI is InChI=1S/C51H62F2N5O7PS/c1-4-24-64-50(62)32(3)55-66(63,65-41-14-10-7-11-15-41)46(53)34-16-21-44-35(25-34)26-45(67-44)47(59)54-42-19-17-38(56(5-2)40-27-37(52)28-40)29-39-18-20-43(58(39)48(42)60)49(61)57-31-36(30-51(57)22-23-51)33-12-8-6-9-13-33/h6-16,21,25-26,32,36-40,42-43,46H,4-5,17-20,22-24,27-31H2,1-3H3,(H,54,59)(H,55,63)/t32-,36+,37?,38-,39+,40?,42-,43-,46-,66?/m0/s1. The molecule has 4 aromatic rings. The number of esters is 1. The molecule has 3 aliphatic heterocycles. The van der Waals surface area contributed by atoms with Gasteiger partial charge in [0, 0.05) is 40.8 Å². The second kappa shape index (κ2) is 19.7. The van der Waals surface area contributed by atoms with Gasteiger partial charge in [-0.25, -0.2) is 13.9 Å². The molecule has 9 rings (SSSR count). The zero-order valence-electron chi connectivity index (χ0n) is 38.5. The highest BCUT2D eigenvalue weighted by Crippen LogP contribution is 2.58. The van der Waals surface area contributed by atoms with Crippen LogP contribution in [-0.4, -0.2) is 106 Å². The zero-order chi connectivity index (χ0) is 47.0. The minimum absolute atomic E-state index is 0.00753. The summed E-state index contributed by atoms with van der Waals surface area (Å²) in [5.41, 5.74) is 1.05. The molecule has 1 aromatic heterocycles. The van der Waals surface area contributed by atoms with Gasteiger partial charge in [-0.3, -0.25) is 28.6 Å². The Kier molecular flexibility index (Phi) is 14.0. The fraction of sp³-hybridized carbons (Fsp3) is 0.529. The van der Waals surface area contributed by atoms with E-state index in [4.69, 9.17) is 9.26 Å². The summed E-state index contributed by atoms with van der Waals surface area (Å²) in [5.74, 6) is -3.26. The number of halogens is 2. The maximum atomic E-state index is 16.7. The van der Waals surface area contributed by atoms with E-state index < -0.39 is 49.6 Å². The fourth-order valence-corrected chi connectivity index (χ4v) is 14.0. The van der Waals surface area contributed by atoms with Gasteiger partial charge in [0.2, 0.25) is 17.7 Å². The van der Waals surface area contributed by atoms with Crippen molar-refractivity contribution in [1.82, 2.24) is 25.1 Å². The van der Waals surface area contributed by atoms with Crippen molar-refractivity contribution in [2.24, 2.45) is 0 Å². The van der Waals surface area contributed by atoms with Crippen LogP contribution in [0, 0.1) is 0 Å². The molecule has 3 amide bonds. The molecule has 0 radical (unpaired) electrons. The molecule has 0 bridgehead atoms. The number of benzene rings is 3. The van der Waals surface area contributed by atoms with Crippen molar-refractivity contribution in [1.29, 1.82) is 0 Å². The maximum Gasteiger partial charge on any atom is 0.355 e. The van der Waals surface area contributed by atoms with Crippen LogP contribution in [0.25, 0.3) is 10.1 Å². The predicted molar refractivity (Wildman–Crippen MR) is 255 cm³/mol. The molecule has 2 saturated carbocycles. The molecule has 4 heterocycles. The molecule has 3 aromatic carbocycles. The summed E-state index contributed by atoms with van der Waals surface area (Å²) in [6.45, 7) is 6.87. The van der Waals surface area contributed by atoms with Crippen LogP contribution in [0.5, 0.6) is 5.75 Å². The van der Waals surface area contributed by atoms with Gasteiger partial charge in [-0.15, -0.1) is 11.3 Å². The van der Waals surface area contributed by atoms with E-state index in [9.17, 15) is 28.1 Å².